The lowest BCUT2D eigenvalue weighted by Gasteiger charge is -2.47. The van der Waals surface area contributed by atoms with Gasteiger partial charge in [-0.05, 0) is 51.3 Å². The van der Waals surface area contributed by atoms with E-state index >= 15 is 0 Å². The van der Waals surface area contributed by atoms with Crippen molar-refractivity contribution in [2.24, 2.45) is 0 Å². The summed E-state index contributed by atoms with van der Waals surface area (Å²) in [7, 11) is -2.14. The third kappa shape index (κ3) is 4.93. The van der Waals surface area contributed by atoms with Crippen molar-refractivity contribution in [1.82, 2.24) is 9.62 Å². The Bertz CT molecular complexity index is 956. The van der Waals surface area contributed by atoms with Gasteiger partial charge in [-0.3, -0.25) is 14.5 Å². The number of anilines is 1. The number of sulfonamides is 1. The van der Waals surface area contributed by atoms with Crippen molar-refractivity contribution in [3.8, 4) is 5.75 Å². The normalized spacial score (nSPS) is 23.6. The summed E-state index contributed by atoms with van der Waals surface area (Å²) in [6.45, 7) is 4.67. The van der Waals surface area contributed by atoms with Crippen molar-refractivity contribution in [2.75, 3.05) is 30.9 Å². The quantitative estimate of drug-likeness (QED) is 0.652. The van der Waals surface area contributed by atoms with Crippen LogP contribution in [0.4, 0.5) is 5.69 Å². The predicted molar refractivity (Wildman–Crippen MR) is 124 cm³/mol. The highest BCUT2D eigenvalue weighted by atomic mass is 32.2. The highest BCUT2D eigenvalue weighted by Crippen LogP contribution is 2.37. The Morgan fingerprint density at radius 3 is 2.47 bits per heavy atom. The van der Waals surface area contributed by atoms with Gasteiger partial charge in [-0.25, -0.2) is 8.42 Å². The first-order valence-corrected chi connectivity index (χ1v) is 13.0. The molecule has 2 fully saturated rings. The predicted octanol–water partition coefficient (Wildman–Crippen LogP) is 2.60. The third-order valence-electron chi connectivity index (χ3n) is 6.55. The van der Waals surface area contributed by atoms with Crippen molar-refractivity contribution in [2.45, 2.75) is 70.9 Å². The van der Waals surface area contributed by atoms with E-state index < -0.39 is 21.5 Å². The van der Waals surface area contributed by atoms with Crippen LogP contribution in [0.15, 0.2) is 18.2 Å². The van der Waals surface area contributed by atoms with Crippen molar-refractivity contribution in [3.05, 3.63) is 23.8 Å². The summed E-state index contributed by atoms with van der Waals surface area (Å²) in [5.74, 6) is -0.453. The molecule has 32 heavy (non-hydrogen) atoms. The van der Waals surface area contributed by atoms with E-state index in [0.717, 1.165) is 48.4 Å². The molecule has 1 aromatic carbocycles. The highest BCUT2D eigenvalue weighted by molar-refractivity contribution is 7.89. The van der Waals surface area contributed by atoms with Crippen molar-refractivity contribution in [3.63, 3.8) is 0 Å². The molecule has 1 saturated carbocycles. The molecule has 1 aromatic rings. The summed E-state index contributed by atoms with van der Waals surface area (Å²) in [5, 5.41) is 3.14. The summed E-state index contributed by atoms with van der Waals surface area (Å²) in [6.07, 6.45) is 6.17. The summed E-state index contributed by atoms with van der Waals surface area (Å²) in [6, 6.07) is 5.46. The lowest BCUT2D eigenvalue weighted by atomic mass is 9.93. The maximum absolute atomic E-state index is 13.7. The maximum atomic E-state index is 13.7. The van der Waals surface area contributed by atoms with E-state index in [1.165, 1.54) is 12.0 Å². The first-order valence-electron chi connectivity index (χ1n) is 11.4. The molecule has 1 aliphatic carbocycles. The van der Waals surface area contributed by atoms with Gasteiger partial charge in [0.05, 0.1) is 25.1 Å². The van der Waals surface area contributed by atoms with Crippen LogP contribution in [0.5, 0.6) is 5.75 Å². The second kappa shape index (κ2) is 9.79. The third-order valence-corrected chi connectivity index (χ3v) is 8.33. The Morgan fingerprint density at radius 2 is 1.88 bits per heavy atom. The fraction of sp³-hybridized carbons (Fsp3) is 0.652. The monoisotopic (exact) mass is 465 g/mol. The molecule has 1 aliphatic heterocycles. The zero-order valence-electron chi connectivity index (χ0n) is 19.5. The second-order valence-electron chi connectivity index (χ2n) is 9.01. The number of carbonyl (C=O) groups is 2. The molecule has 1 atom stereocenters. The fourth-order valence-electron chi connectivity index (χ4n) is 4.66. The SMILES string of the molecule is CCS(=O)(=O)N1CC(=O)N(c2cc(C)ccc2OC)C(C)(C(=O)NC2CCCCCC2)C1. The smallest absolute Gasteiger partial charge is 0.247 e. The van der Waals surface area contributed by atoms with Crippen LogP contribution in [0.2, 0.25) is 0 Å². The molecule has 1 saturated heterocycles. The number of methoxy groups -OCH3 is 1. The Kier molecular flexibility index (Phi) is 7.50. The highest BCUT2D eigenvalue weighted by Gasteiger charge is 2.51. The van der Waals surface area contributed by atoms with E-state index in [9.17, 15) is 18.0 Å². The minimum Gasteiger partial charge on any atom is -0.495 e. The van der Waals surface area contributed by atoms with Gasteiger partial charge >= 0.3 is 0 Å². The number of nitrogens with one attached hydrogen (secondary N) is 1. The molecule has 2 amide bonds. The van der Waals surface area contributed by atoms with Gasteiger partial charge in [0.2, 0.25) is 21.8 Å². The number of nitrogens with zero attached hydrogens (tertiary/aromatic N) is 2. The Labute approximate surface area is 191 Å². The molecule has 0 aromatic heterocycles. The van der Waals surface area contributed by atoms with E-state index in [1.54, 1.807) is 26.0 Å². The molecule has 8 nitrogen and oxygen atoms in total. The van der Waals surface area contributed by atoms with Crippen LogP contribution >= 0.6 is 0 Å². The van der Waals surface area contributed by atoms with Gasteiger partial charge in [0, 0.05) is 12.6 Å². The molecular formula is C23H35N3O5S. The van der Waals surface area contributed by atoms with Crippen molar-refractivity contribution < 1.29 is 22.7 Å². The maximum Gasteiger partial charge on any atom is 0.247 e. The fourth-order valence-corrected chi connectivity index (χ4v) is 5.78. The summed E-state index contributed by atoms with van der Waals surface area (Å²) >= 11 is 0. The number of carbonyl (C=O) groups excluding carboxylic acids is 2. The van der Waals surface area contributed by atoms with Gasteiger partial charge in [0.15, 0.2) is 0 Å². The van der Waals surface area contributed by atoms with Gasteiger partial charge < -0.3 is 10.1 Å². The second-order valence-corrected chi connectivity index (χ2v) is 11.3. The number of piperazine rings is 1. The number of hydrogen-bond acceptors (Lipinski definition) is 5. The van der Waals surface area contributed by atoms with E-state index in [-0.39, 0.29) is 30.8 Å². The molecule has 9 heteroatoms. The molecule has 0 spiro atoms. The van der Waals surface area contributed by atoms with Crippen LogP contribution in [0.3, 0.4) is 0 Å². The van der Waals surface area contributed by atoms with E-state index in [4.69, 9.17) is 4.74 Å². The van der Waals surface area contributed by atoms with Crippen LogP contribution in [-0.4, -0.2) is 62.1 Å². The lowest BCUT2D eigenvalue weighted by Crippen LogP contribution is -2.71. The average molecular weight is 466 g/mol. The zero-order valence-corrected chi connectivity index (χ0v) is 20.3. The Morgan fingerprint density at radius 1 is 1.22 bits per heavy atom. The molecular weight excluding hydrogens is 430 g/mol. The standard InChI is InChI=1S/C23H35N3O5S/c1-5-32(29,30)25-15-21(27)26(19-14-17(2)12-13-20(19)31-4)23(3,16-25)22(28)24-18-10-8-6-7-9-11-18/h12-14,18H,5-11,15-16H2,1-4H3,(H,24,28). The summed E-state index contributed by atoms with van der Waals surface area (Å²) < 4.78 is 32.0. The molecule has 1 N–H and O–H groups in total. The summed E-state index contributed by atoms with van der Waals surface area (Å²) in [4.78, 5) is 28.5. The molecule has 0 radical (unpaired) electrons. The molecule has 0 bridgehead atoms. The zero-order chi connectivity index (χ0) is 23.5. The van der Waals surface area contributed by atoms with Crippen LogP contribution in [0.1, 0.15) is 57.9 Å². The van der Waals surface area contributed by atoms with Gasteiger partial charge in [0.25, 0.3) is 0 Å². The number of hydrogen-bond donors (Lipinski definition) is 1. The molecule has 3 rings (SSSR count). The first kappa shape index (κ1) is 24.5. The van der Waals surface area contributed by atoms with Crippen LogP contribution < -0.4 is 15.0 Å². The van der Waals surface area contributed by atoms with E-state index in [2.05, 4.69) is 5.32 Å². The number of aryl methyl sites for hydroxylation is 1. The average Bonchev–Trinajstić information content (AvgIpc) is 3.02. The lowest BCUT2D eigenvalue weighted by molar-refractivity contribution is -0.133. The van der Waals surface area contributed by atoms with E-state index in [1.807, 2.05) is 13.0 Å². The number of ether oxygens (including phenoxy) is 1. The minimum atomic E-state index is -3.65. The molecule has 2 aliphatic rings. The first-order chi connectivity index (χ1) is 15.1. The van der Waals surface area contributed by atoms with Crippen molar-refractivity contribution >= 4 is 27.5 Å². The number of rotatable bonds is 6. The van der Waals surface area contributed by atoms with Crippen molar-refractivity contribution in [1.29, 1.82) is 0 Å². The van der Waals surface area contributed by atoms with Crippen LogP contribution in [-0.2, 0) is 19.6 Å². The molecule has 1 unspecified atom stereocenters. The van der Waals surface area contributed by atoms with Crippen LogP contribution in [0, 0.1) is 6.92 Å². The number of amides is 2. The van der Waals surface area contributed by atoms with Gasteiger partial charge in [0.1, 0.15) is 11.3 Å². The summed E-state index contributed by atoms with van der Waals surface area (Å²) in [5.41, 5.74) is -0.0291. The van der Waals surface area contributed by atoms with Gasteiger partial charge in [-0.15, -0.1) is 0 Å². The minimum absolute atomic E-state index is 0.0244. The van der Waals surface area contributed by atoms with Crippen LogP contribution in [0.25, 0.3) is 0 Å². The van der Waals surface area contributed by atoms with E-state index in [0.29, 0.717) is 11.4 Å². The largest absolute Gasteiger partial charge is 0.495 e. The van der Waals surface area contributed by atoms with Gasteiger partial charge in [-0.2, -0.15) is 4.31 Å². The topological polar surface area (TPSA) is 96.0 Å². The number of benzene rings is 1. The molecule has 1 heterocycles. The Hall–Kier alpha value is -2.13. The molecule has 178 valence electrons. The Balaban J connectivity index is 2.04. The van der Waals surface area contributed by atoms with Gasteiger partial charge in [-0.1, -0.05) is 31.7 Å².